The van der Waals surface area contributed by atoms with E-state index in [4.69, 9.17) is 9.66 Å². The van der Waals surface area contributed by atoms with Crippen LogP contribution in [0.25, 0.3) is 0 Å². The molecule has 0 bridgehead atoms. The van der Waals surface area contributed by atoms with Gasteiger partial charge in [0.15, 0.2) is 0 Å². The number of carbonyl (C=O) groups is 2. The van der Waals surface area contributed by atoms with E-state index < -0.39 is 44.0 Å². The molecule has 0 unspecified atom stereocenters. The Hall–Kier alpha value is -3.11. The Labute approximate surface area is 135 Å². The number of carboxylic acid groups (broad SMARTS) is 1. The van der Waals surface area contributed by atoms with Crippen LogP contribution in [0.2, 0.25) is 0 Å². The topological polar surface area (TPSA) is 161 Å². The fraction of sp³-hybridized carbons (Fsp3) is 0. The van der Waals surface area contributed by atoms with E-state index in [1.165, 1.54) is 24.3 Å². The number of carbonyl (C=O) groups excluding carboxylic acids is 1. The van der Waals surface area contributed by atoms with Gasteiger partial charge in [0.1, 0.15) is 16.4 Å². The number of rotatable bonds is 4. The SMILES string of the molecule is O=C(O)c1ccc(NC(=O)c2cc(O)cc(S(=O)(=O)O)c2O)cc1. The molecule has 9 nitrogen and oxygen atoms in total. The second kappa shape index (κ2) is 6.18. The van der Waals surface area contributed by atoms with Gasteiger partial charge in [0.05, 0.1) is 11.1 Å². The summed E-state index contributed by atoms with van der Waals surface area (Å²) in [4.78, 5) is 21.8. The van der Waals surface area contributed by atoms with Crippen LogP contribution in [-0.2, 0) is 10.1 Å². The summed E-state index contributed by atoms with van der Waals surface area (Å²) in [6.07, 6.45) is 0. The summed E-state index contributed by atoms with van der Waals surface area (Å²) < 4.78 is 31.3. The summed E-state index contributed by atoms with van der Waals surface area (Å²) in [5.74, 6) is -3.82. The lowest BCUT2D eigenvalue weighted by Gasteiger charge is -2.10. The van der Waals surface area contributed by atoms with Crippen LogP contribution in [0.4, 0.5) is 5.69 Å². The van der Waals surface area contributed by atoms with Crippen LogP contribution in [0, 0.1) is 0 Å². The normalized spacial score (nSPS) is 11.0. The molecule has 0 aromatic heterocycles. The van der Waals surface area contributed by atoms with Crippen LogP contribution < -0.4 is 5.32 Å². The molecule has 2 aromatic carbocycles. The van der Waals surface area contributed by atoms with E-state index in [9.17, 15) is 28.2 Å². The number of hydrogen-bond acceptors (Lipinski definition) is 6. The maximum atomic E-state index is 12.1. The third-order valence-electron chi connectivity index (χ3n) is 2.97. The number of benzene rings is 2. The summed E-state index contributed by atoms with van der Waals surface area (Å²) in [6, 6.07) is 6.41. The number of anilines is 1. The van der Waals surface area contributed by atoms with Gasteiger partial charge in [0, 0.05) is 11.8 Å². The van der Waals surface area contributed by atoms with Crippen LogP contribution >= 0.6 is 0 Å². The first-order valence-electron chi connectivity index (χ1n) is 6.28. The molecule has 2 aromatic rings. The zero-order valence-electron chi connectivity index (χ0n) is 11.8. The summed E-state index contributed by atoms with van der Waals surface area (Å²) in [5, 5.41) is 30.4. The van der Waals surface area contributed by atoms with Crippen LogP contribution in [0.1, 0.15) is 20.7 Å². The molecule has 0 heterocycles. The third-order valence-corrected chi connectivity index (χ3v) is 3.84. The molecule has 0 spiro atoms. The molecule has 24 heavy (non-hydrogen) atoms. The van der Waals surface area contributed by atoms with Crippen molar-refractivity contribution in [1.29, 1.82) is 0 Å². The first-order valence-corrected chi connectivity index (χ1v) is 7.72. The fourth-order valence-corrected chi connectivity index (χ4v) is 2.48. The van der Waals surface area contributed by atoms with Crippen molar-refractivity contribution in [2.24, 2.45) is 0 Å². The van der Waals surface area contributed by atoms with E-state index in [1.807, 2.05) is 0 Å². The number of carboxylic acids is 1. The molecule has 0 saturated heterocycles. The lowest BCUT2D eigenvalue weighted by Crippen LogP contribution is -2.13. The molecule has 0 aliphatic heterocycles. The highest BCUT2D eigenvalue weighted by Crippen LogP contribution is 2.31. The number of aromatic hydroxyl groups is 2. The van der Waals surface area contributed by atoms with Gasteiger partial charge in [-0.3, -0.25) is 9.35 Å². The Balaban J connectivity index is 2.36. The number of phenolic OH excluding ortho intramolecular Hbond substituents is 2. The summed E-state index contributed by atoms with van der Waals surface area (Å²) in [6.45, 7) is 0. The number of amides is 1. The maximum Gasteiger partial charge on any atom is 0.335 e. The Kier molecular flexibility index (Phi) is 4.44. The summed E-state index contributed by atoms with van der Waals surface area (Å²) >= 11 is 0. The van der Waals surface area contributed by atoms with E-state index >= 15 is 0 Å². The quantitative estimate of drug-likeness (QED) is 0.406. The standard InChI is InChI=1S/C14H11NO8S/c16-9-5-10(12(17)11(6-9)24(21,22)23)13(18)15-8-3-1-7(2-4-8)14(19)20/h1-6,16-17H,(H,15,18)(H,19,20)(H,21,22,23). The lowest BCUT2D eigenvalue weighted by molar-refractivity contribution is 0.0696. The number of aromatic carboxylic acids is 1. The van der Waals surface area contributed by atoms with E-state index in [0.717, 1.165) is 6.07 Å². The van der Waals surface area contributed by atoms with Crippen molar-refractivity contribution < 1.29 is 37.9 Å². The van der Waals surface area contributed by atoms with Crippen molar-refractivity contribution in [1.82, 2.24) is 0 Å². The number of nitrogens with one attached hydrogen (secondary N) is 1. The molecule has 0 atom stereocenters. The Morgan fingerprint density at radius 2 is 1.58 bits per heavy atom. The van der Waals surface area contributed by atoms with Gasteiger partial charge >= 0.3 is 5.97 Å². The van der Waals surface area contributed by atoms with Crippen molar-refractivity contribution in [3.63, 3.8) is 0 Å². The minimum Gasteiger partial charge on any atom is -0.508 e. The molecular formula is C14H11NO8S. The van der Waals surface area contributed by atoms with Crippen LogP contribution in [0.5, 0.6) is 11.5 Å². The molecule has 1 amide bonds. The fourth-order valence-electron chi connectivity index (χ4n) is 1.86. The van der Waals surface area contributed by atoms with E-state index in [1.54, 1.807) is 0 Å². The van der Waals surface area contributed by atoms with Crippen LogP contribution in [0.3, 0.4) is 0 Å². The molecule has 126 valence electrons. The average Bonchev–Trinajstić information content (AvgIpc) is 2.48. The predicted octanol–water partition coefficient (Wildman–Crippen LogP) is 1.29. The summed E-state index contributed by atoms with van der Waals surface area (Å²) in [5.41, 5.74) is -0.437. The van der Waals surface area contributed by atoms with Crippen molar-refractivity contribution in [2.75, 3.05) is 5.32 Å². The second-order valence-corrected chi connectivity index (χ2v) is 6.04. The van der Waals surface area contributed by atoms with Gasteiger partial charge in [0.2, 0.25) is 0 Å². The number of phenols is 2. The molecule has 0 fully saturated rings. The highest BCUT2D eigenvalue weighted by atomic mass is 32.2. The second-order valence-electron chi connectivity index (χ2n) is 4.65. The van der Waals surface area contributed by atoms with Crippen LogP contribution in [0.15, 0.2) is 41.3 Å². The van der Waals surface area contributed by atoms with Gasteiger partial charge in [-0.05, 0) is 30.3 Å². The Bertz CT molecular complexity index is 919. The molecule has 0 aliphatic carbocycles. The van der Waals surface area contributed by atoms with Crippen molar-refractivity contribution >= 4 is 27.7 Å². The molecule has 10 heteroatoms. The van der Waals surface area contributed by atoms with Gasteiger partial charge in [-0.2, -0.15) is 8.42 Å². The molecular weight excluding hydrogens is 342 g/mol. The lowest BCUT2D eigenvalue weighted by atomic mass is 10.1. The molecule has 5 N–H and O–H groups in total. The predicted molar refractivity (Wildman–Crippen MR) is 80.9 cm³/mol. The first-order chi connectivity index (χ1) is 11.1. The Morgan fingerprint density at radius 1 is 1.00 bits per heavy atom. The highest BCUT2D eigenvalue weighted by Gasteiger charge is 2.23. The minimum atomic E-state index is -4.86. The highest BCUT2D eigenvalue weighted by molar-refractivity contribution is 7.86. The van der Waals surface area contributed by atoms with Crippen molar-refractivity contribution in [3.8, 4) is 11.5 Å². The van der Waals surface area contributed by atoms with Crippen molar-refractivity contribution in [2.45, 2.75) is 4.90 Å². The van der Waals surface area contributed by atoms with E-state index in [2.05, 4.69) is 5.32 Å². The number of hydrogen-bond donors (Lipinski definition) is 5. The van der Waals surface area contributed by atoms with Crippen molar-refractivity contribution in [3.05, 3.63) is 47.5 Å². The molecule has 0 aliphatic rings. The zero-order valence-corrected chi connectivity index (χ0v) is 12.6. The smallest absolute Gasteiger partial charge is 0.335 e. The molecule has 0 radical (unpaired) electrons. The largest absolute Gasteiger partial charge is 0.508 e. The van der Waals surface area contributed by atoms with E-state index in [-0.39, 0.29) is 11.3 Å². The van der Waals surface area contributed by atoms with Gasteiger partial charge < -0.3 is 20.6 Å². The Morgan fingerprint density at radius 3 is 2.08 bits per heavy atom. The van der Waals surface area contributed by atoms with Gasteiger partial charge in [-0.25, -0.2) is 4.79 Å². The third kappa shape index (κ3) is 3.62. The zero-order chi connectivity index (χ0) is 18.1. The average molecular weight is 353 g/mol. The van der Waals surface area contributed by atoms with E-state index in [0.29, 0.717) is 6.07 Å². The molecule has 0 saturated carbocycles. The van der Waals surface area contributed by atoms with Crippen LogP contribution in [-0.4, -0.2) is 40.2 Å². The summed E-state index contributed by atoms with van der Waals surface area (Å²) in [7, 11) is -4.86. The van der Waals surface area contributed by atoms with Gasteiger partial charge in [-0.15, -0.1) is 0 Å². The van der Waals surface area contributed by atoms with Gasteiger partial charge in [0.25, 0.3) is 16.0 Å². The minimum absolute atomic E-state index is 0.0122. The monoisotopic (exact) mass is 353 g/mol. The first kappa shape index (κ1) is 17.2. The van der Waals surface area contributed by atoms with Gasteiger partial charge in [-0.1, -0.05) is 0 Å². The maximum absolute atomic E-state index is 12.1. The molecule has 2 rings (SSSR count).